The molecule has 2 aromatic carbocycles. The number of fused-ring (bicyclic) bond motifs is 2. The first-order valence-corrected chi connectivity index (χ1v) is 16.0. The molecule has 0 spiro atoms. The van der Waals surface area contributed by atoms with Gasteiger partial charge in [-0.25, -0.2) is 0 Å². The molecule has 0 aliphatic carbocycles. The first-order chi connectivity index (χ1) is 21.8. The van der Waals surface area contributed by atoms with Gasteiger partial charge in [-0.05, 0) is 49.4 Å². The lowest BCUT2D eigenvalue weighted by molar-refractivity contribution is -0.157. The Bertz CT molecular complexity index is 1260. The second kappa shape index (κ2) is 16.8. The van der Waals surface area contributed by atoms with E-state index in [0.717, 1.165) is 36.1 Å². The molecule has 8 atom stereocenters. The molecule has 45 heavy (non-hydrogen) atoms. The fourth-order valence-electron chi connectivity index (χ4n) is 6.27. The van der Waals surface area contributed by atoms with E-state index in [2.05, 4.69) is 26.0 Å². The van der Waals surface area contributed by atoms with E-state index in [9.17, 15) is 4.79 Å². The molecule has 8 nitrogen and oxygen atoms in total. The van der Waals surface area contributed by atoms with Crippen LogP contribution in [0.5, 0.6) is 5.75 Å². The molecule has 2 bridgehead atoms. The molecule has 0 saturated carbocycles. The van der Waals surface area contributed by atoms with Crippen molar-refractivity contribution in [2.45, 2.75) is 83.6 Å². The van der Waals surface area contributed by atoms with Gasteiger partial charge in [0.25, 0.3) is 0 Å². The number of ether oxygens (including phenoxy) is 7. The number of methoxy groups -OCH3 is 4. The zero-order valence-corrected chi connectivity index (χ0v) is 27.8. The van der Waals surface area contributed by atoms with Gasteiger partial charge in [-0.1, -0.05) is 74.9 Å². The Morgan fingerprint density at radius 2 is 1.51 bits per heavy atom. The number of carbonyl (C=O) groups is 1. The molecule has 8 heteroatoms. The van der Waals surface area contributed by atoms with E-state index in [-0.39, 0.29) is 42.2 Å². The zero-order valence-electron chi connectivity index (χ0n) is 27.8. The minimum absolute atomic E-state index is 0.0381. The van der Waals surface area contributed by atoms with Gasteiger partial charge in [-0.2, -0.15) is 0 Å². The van der Waals surface area contributed by atoms with Crippen molar-refractivity contribution in [2.75, 3.05) is 28.4 Å². The Balaban J connectivity index is 1.71. The minimum atomic E-state index is -0.707. The molecule has 0 saturated heterocycles. The molecule has 0 N–H and O–H groups in total. The van der Waals surface area contributed by atoms with Crippen molar-refractivity contribution >= 4 is 5.97 Å². The van der Waals surface area contributed by atoms with E-state index in [0.29, 0.717) is 24.5 Å². The number of carbonyl (C=O) groups excluding carboxylic acids is 1. The molecule has 2 aliphatic rings. The van der Waals surface area contributed by atoms with Crippen LogP contribution in [0, 0.1) is 17.8 Å². The summed E-state index contributed by atoms with van der Waals surface area (Å²) >= 11 is 0. The Morgan fingerprint density at radius 3 is 2.16 bits per heavy atom. The van der Waals surface area contributed by atoms with E-state index in [1.807, 2.05) is 61.5 Å². The van der Waals surface area contributed by atoms with Gasteiger partial charge in [0.1, 0.15) is 36.1 Å². The van der Waals surface area contributed by atoms with Gasteiger partial charge >= 0.3 is 5.97 Å². The summed E-state index contributed by atoms with van der Waals surface area (Å²) in [6.45, 7) is 6.38. The van der Waals surface area contributed by atoms with Crippen LogP contribution in [-0.2, 0) is 39.8 Å². The van der Waals surface area contributed by atoms with Crippen molar-refractivity contribution in [1.29, 1.82) is 0 Å². The highest BCUT2D eigenvalue weighted by Gasteiger charge is 2.44. The van der Waals surface area contributed by atoms with Crippen molar-refractivity contribution in [3.8, 4) is 5.75 Å². The van der Waals surface area contributed by atoms with Crippen molar-refractivity contribution in [1.82, 2.24) is 0 Å². The highest BCUT2D eigenvalue weighted by atomic mass is 16.6. The number of esters is 1. The normalized spacial score (nSPS) is 30.6. The molecule has 2 aromatic rings. The van der Waals surface area contributed by atoms with Crippen LogP contribution >= 0.6 is 0 Å². The van der Waals surface area contributed by atoms with Crippen LogP contribution in [0.4, 0.5) is 0 Å². The van der Waals surface area contributed by atoms with Gasteiger partial charge in [0.05, 0.1) is 26.9 Å². The summed E-state index contributed by atoms with van der Waals surface area (Å²) in [5, 5.41) is 0. The fraction of sp³-hybridized carbons (Fsp3) is 0.541. The van der Waals surface area contributed by atoms with Crippen LogP contribution in [0.1, 0.15) is 63.7 Å². The SMILES string of the molecule is COC1=C2O[C@H]([C@@H](C)[C@@H]1OCc1ccc(OC)cc1)[C@@H](C)/C=C/[C@@H](OC)[C@@H](OC)CCCC[C@@H](c1ccccc1)OC(=O)[C@H]2C. The molecular weight excluding hydrogens is 572 g/mol. The number of benzene rings is 2. The predicted octanol–water partition coefficient (Wildman–Crippen LogP) is 7.19. The quantitative estimate of drug-likeness (QED) is 0.226. The monoisotopic (exact) mass is 622 g/mol. The van der Waals surface area contributed by atoms with Crippen molar-refractivity contribution < 1.29 is 38.0 Å². The molecule has 0 radical (unpaired) electrons. The molecule has 0 amide bonds. The van der Waals surface area contributed by atoms with E-state index in [4.69, 9.17) is 33.2 Å². The zero-order chi connectivity index (χ0) is 32.3. The summed E-state index contributed by atoms with van der Waals surface area (Å²) in [4.78, 5) is 13.8. The van der Waals surface area contributed by atoms with Crippen LogP contribution in [-0.4, -0.2) is 58.8 Å². The minimum Gasteiger partial charge on any atom is -0.497 e. The molecule has 2 heterocycles. The van der Waals surface area contributed by atoms with Gasteiger partial charge in [-0.15, -0.1) is 0 Å². The smallest absolute Gasteiger partial charge is 0.317 e. The Kier molecular flexibility index (Phi) is 12.9. The topological polar surface area (TPSA) is 81.7 Å². The molecule has 4 rings (SSSR count). The third-order valence-corrected chi connectivity index (χ3v) is 9.01. The van der Waals surface area contributed by atoms with Gasteiger partial charge in [0.15, 0.2) is 11.5 Å². The van der Waals surface area contributed by atoms with Gasteiger partial charge in [0.2, 0.25) is 0 Å². The maximum Gasteiger partial charge on any atom is 0.317 e. The van der Waals surface area contributed by atoms with Gasteiger partial charge in [-0.3, -0.25) is 4.79 Å². The molecular formula is C37H50O8. The summed E-state index contributed by atoms with van der Waals surface area (Å²) in [6.07, 6.45) is 6.02. The van der Waals surface area contributed by atoms with E-state index < -0.39 is 12.0 Å². The number of cyclic esters (lactones) is 1. The summed E-state index contributed by atoms with van der Waals surface area (Å²) in [5.74, 6) is 0.539. The molecule has 0 fully saturated rings. The van der Waals surface area contributed by atoms with Gasteiger partial charge < -0.3 is 33.2 Å². The van der Waals surface area contributed by atoms with E-state index >= 15 is 0 Å². The van der Waals surface area contributed by atoms with Crippen LogP contribution in [0.25, 0.3) is 0 Å². The number of hydrogen-bond acceptors (Lipinski definition) is 8. The van der Waals surface area contributed by atoms with Crippen molar-refractivity contribution in [2.24, 2.45) is 17.8 Å². The lowest BCUT2D eigenvalue weighted by atomic mass is 9.84. The third-order valence-electron chi connectivity index (χ3n) is 9.01. The van der Waals surface area contributed by atoms with Crippen LogP contribution in [0.15, 0.2) is 78.3 Å². The highest BCUT2D eigenvalue weighted by molar-refractivity contribution is 5.75. The lowest BCUT2D eigenvalue weighted by Gasteiger charge is -2.41. The van der Waals surface area contributed by atoms with Crippen LogP contribution < -0.4 is 4.74 Å². The first kappa shape index (κ1) is 34.5. The highest BCUT2D eigenvalue weighted by Crippen LogP contribution is 2.40. The second-order valence-electron chi connectivity index (χ2n) is 12.0. The number of hydrogen-bond donors (Lipinski definition) is 0. The van der Waals surface area contributed by atoms with Gasteiger partial charge in [0, 0.05) is 26.1 Å². The Hall–Kier alpha value is -3.33. The standard InChI is InChI=1S/C37H50O8/c1-24-17-22-32(41-6)31(40-5)16-12-11-15-30(28-13-9-8-10-14-28)44-37(38)26(3)35-36(42-7)34(25(2)33(24)45-35)43-23-27-18-20-29(39-4)21-19-27/h8-10,13-14,17-22,24-26,30-34H,11-12,15-16,23H2,1-7H3/b22-17+/t24-,25+,26-,30-,31-,32+,33-,34-/m0/s1. The van der Waals surface area contributed by atoms with Crippen molar-refractivity contribution in [3.63, 3.8) is 0 Å². The third kappa shape index (κ3) is 8.69. The van der Waals surface area contributed by atoms with E-state index in [1.54, 1.807) is 28.4 Å². The maximum atomic E-state index is 13.8. The maximum absolute atomic E-state index is 13.8. The van der Waals surface area contributed by atoms with Crippen LogP contribution in [0.3, 0.4) is 0 Å². The molecule has 0 aromatic heterocycles. The summed E-state index contributed by atoms with van der Waals surface area (Å²) in [5.41, 5.74) is 1.96. The fourth-order valence-corrected chi connectivity index (χ4v) is 6.27. The first-order valence-electron chi connectivity index (χ1n) is 16.0. The summed E-state index contributed by atoms with van der Waals surface area (Å²) in [7, 11) is 6.68. The van der Waals surface area contributed by atoms with E-state index in [1.165, 1.54) is 0 Å². The second-order valence-corrected chi connectivity index (χ2v) is 12.0. The Morgan fingerprint density at radius 1 is 0.800 bits per heavy atom. The van der Waals surface area contributed by atoms with Crippen molar-refractivity contribution in [3.05, 3.63) is 89.4 Å². The molecule has 0 unspecified atom stereocenters. The lowest BCUT2D eigenvalue weighted by Crippen LogP contribution is -2.45. The summed E-state index contributed by atoms with van der Waals surface area (Å²) in [6, 6.07) is 17.7. The largest absolute Gasteiger partial charge is 0.497 e. The average molecular weight is 623 g/mol. The number of rotatable bonds is 8. The molecule has 246 valence electrons. The summed E-state index contributed by atoms with van der Waals surface area (Å²) < 4.78 is 42.5. The molecule has 2 aliphatic heterocycles. The predicted molar refractivity (Wildman–Crippen MR) is 172 cm³/mol. The Labute approximate surface area is 268 Å². The average Bonchev–Trinajstić information content (AvgIpc) is 3.07. The van der Waals surface area contributed by atoms with Crippen LogP contribution in [0.2, 0.25) is 0 Å².